The molecule has 5 heteroatoms. The second-order valence-corrected chi connectivity index (χ2v) is 5.98. The van der Waals surface area contributed by atoms with Crippen LogP contribution < -0.4 is 10.6 Å². The quantitative estimate of drug-likeness (QED) is 0.810. The summed E-state index contributed by atoms with van der Waals surface area (Å²) < 4.78 is 5.48. The molecule has 2 amide bonds. The van der Waals surface area contributed by atoms with Crippen molar-refractivity contribution in [3.8, 4) is 0 Å². The Morgan fingerprint density at radius 3 is 2.82 bits per heavy atom. The van der Waals surface area contributed by atoms with Crippen molar-refractivity contribution in [2.75, 3.05) is 26.7 Å². The van der Waals surface area contributed by atoms with Crippen LogP contribution >= 0.6 is 0 Å². The van der Waals surface area contributed by atoms with Crippen molar-refractivity contribution in [2.45, 2.75) is 38.5 Å². The van der Waals surface area contributed by atoms with E-state index < -0.39 is 0 Å². The van der Waals surface area contributed by atoms with Crippen LogP contribution in [-0.4, -0.2) is 49.8 Å². The van der Waals surface area contributed by atoms with Crippen molar-refractivity contribution in [3.05, 3.63) is 35.9 Å². The van der Waals surface area contributed by atoms with Gasteiger partial charge in [-0.05, 0) is 32.4 Å². The highest BCUT2D eigenvalue weighted by molar-refractivity contribution is 5.73. The van der Waals surface area contributed by atoms with Crippen molar-refractivity contribution in [1.29, 1.82) is 0 Å². The van der Waals surface area contributed by atoms with Crippen LogP contribution in [0.3, 0.4) is 0 Å². The van der Waals surface area contributed by atoms with Crippen LogP contribution in [0, 0.1) is 0 Å². The van der Waals surface area contributed by atoms with Crippen molar-refractivity contribution >= 4 is 6.03 Å². The van der Waals surface area contributed by atoms with Crippen LogP contribution in [0.2, 0.25) is 0 Å². The fourth-order valence-corrected chi connectivity index (χ4v) is 2.50. The standard InChI is InChI=1S/C17H27N3O2/c1-14(20(2)13-15-7-4-3-5-8-15)11-18-17(21)19-12-16-9-6-10-22-16/h3-5,7-8,14,16H,6,9-13H2,1-2H3,(H2,18,19,21). The fourth-order valence-electron chi connectivity index (χ4n) is 2.50. The lowest BCUT2D eigenvalue weighted by atomic mass is 10.2. The summed E-state index contributed by atoms with van der Waals surface area (Å²) in [6.45, 7) is 5.03. The summed E-state index contributed by atoms with van der Waals surface area (Å²) in [5.74, 6) is 0. The summed E-state index contributed by atoms with van der Waals surface area (Å²) in [4.78, 5) is 14.0. The topological polar surface area (TPSA) is 53.6 Å². The molecule has 2 rings (SSSR count). The number of nitrogens with zero attached hydrogens (tertiary/aromatic N) is 1. The molecule has 0 radical (unpaired) electrons. The molecule has 1 heterocycles. The monoisotopic (exact) mass is 305 g/mol. The number of ether oxygens (including phenoxy) is 1. The highest BCUT2D eigenvalue weighted by Gasteiger charge is 2.16. The molecule has 5 nitrogen and oxygen atoms in total. The van der Waals surface area contributed by atoms with E-state index in [1.54, 1.807) is 0 Å². The third kappa shape index (κ3) is 5.66. The first-order chi connectivity index (χ1) is 10.6. The van der Waals surface area contributed by atoms with Gasteiger partial charge in [-0.3, -0.25) is 4.90 Å². The first kappa shape index (κ1) is 16.8. The molecule has 2 N–H and O–H groups in total. The molecule has 0 saturated carbocycles. The Kier molecular flexibility index (Phi) is 6.68. The lowest BCUT2D eigenvalue weighted by molar-refractivity contribution is 0.111. The largest absolute Gasteiger partial charge is 0.376 e. The molecule has 0 aromatic heterocycles. The molecule has 1 aliphatic heterocycles. The molecule has 1 aromatic carbocycles. The van der Waals surface area contributed by atoms with Gasteiger partial charge in [-0.15, -0.1) is 0 Å². The summed E-state index contributed by atoms with van der Waals surface area (Å²) in [7, 11) is 2.07. The molecule has 1 saturated heterocycles. The van der Waals surface area contributed by atoms with Gasteiger partial charge in [0.1, 0.15) is 0 Å². The normalized spacial score (nSPS) is 19.1. The van der Waals surface area contributed by atoms with E-state index in [9.17, 15) is 4.79 Å². The van der Waals surface area contributed by atoms with Gasteiger partial charge in [0.2, 0.25) is 0 Å². The van der Waals surface area contributed by atoms with Gasteiger partial charge >= 0.3 is 6.03 Å². The van der Waals surface area contributed by atoms with Gasteiger partial charge in [-0.1, -0.05) is 30.3 Å². The maximum absolute atomic E-state index is 11.8. The molecule has 2 unspecified atom stereocenters. The molecular weight excluding hydrogens is 278 g/mol. The van der Waals surface area contributed by atoms with Gasteiger partial charge in [-0.2, -0.15) is 0 Å². The first-order valence-corrected chi connectivity index (χ1v) is 8.02. The second-order valence-electron chi connectivity index (χ2n) is 5.98. The number of carbonyl (C=O) groups excluding carboxylic acids is 1. The number of urea groups is 1. The van der Waals surface area contributed by atoms with E-state index in [1.165, 1.54) is 5.56 Å². The van der Waals surface area contributed by atoms with Crippen molar-refractivity contribution in [2.24, 2.45) is 0 Å². The molecule has 0 bridgehead atoms. The summed E-state index contributed by atoms with van der Waals surface area (Å²) in [5.41, 5.74) is 1.28. The molecule has 0 aliphatic carbocycles. The average molecular weight is 305 g/mol. The Bertz CT molecular complexity index is 446. The first-order valence-electron chi connectivity index (χ1n) is 8.02. The minimum atomic E-state index is -0.115. The minimum Gasteiger partial charge on any atom is -0.376 e. The van der Waals surface area contributed by atoms with Crippen LogP contribution in [0.15, 0.2) is 30.3 Å². The molecule has 2 atom stereocenters. The highest BCUT2D eigenvalue weighted by atomic mass is 16.5. The van der Waals surface area contributed by atoms with Gasteiger partial charge in [0.15, 0.2) is 0 Å². The lowest BCUT2D eigenvalue weighted by Gasteiger charge is -2.25. The maximum Gasteiger partial charge on any atom is 0.314 e. The predicted octanol–water partition coefficient (Wildman–Crippen LogP) is 1.99. The summed E-state index contributed by atoms with van der Waals surface area (Å²) >= 11 is 0. The molecular formula is C17H27N3O2. The van der Waals surface area contributed by atoms with Crippen molar-refractivity contribution in [1.82, 2.24) is 15.5 Å². The van der Waals surface area contributed by atoms with Gasteiger partial charge in [0, 0.05) is 32.3 Å². The fraction of sp³-hybridized carbons (Fsp3) is 0.588. The Morgan fingerprint density at radius 1 is 1.36 bits per heavy atom. The summed E-state index contributed by atoms with van der Waals surface area (Å²) in [6, 6.07) is 10.5. The number of benzene rings is 1. The lowest BCUT2D eigenvalue weighted by Crippen LogP contribution is -2.45. The Hall–Kier alpha value is -1.59. The third-order valence-electron chi connectivity index (χ3n) is 4.10. The maximum atomic E-state index is 11.8. The number of likely N-dealkylation sites (N-methyl/N-ethyl adjacent to an activating group) is 1. The smallest absolute Gasteiger partial charge is 0.314 e. The van der Waals surface area contributed by atoms with E-state index in [2.05, 4.69) is 41.6 Å². The van der Waals surface area contributed by atoms with E-state index in [0.717, 1.165) is 26.0 Å². The van der Waals surface area contributed by atoms with E-state index in [4.69, 9.17) is 4.74 Å². The van der Waals surface area contributed by atoms with Crippen LogP contribution in [0.5, 0.6) is 0 Å². The Labute approximate surface area is 133 Å². The van der Waals surface area contributed by atoms with Crippen LogP contribution in [0.25, 0.3) is 0 Å². The zero-order valence-corrected chi connectivity index (χ0v) is 13.5. The molecule has 1 aliphatic rings. The zero-order chi connectivity index (χ0) is 15.8. The van der Waals surface area contributed by atoms with Gasteiger partial charge < -0.3 is 15.4 Å². The molecule has 1 aromatic rings. The predicted molar refractivity (Wildman–Crippen MR) is 87.7 cm³/mol. The number of nitrogens with one attached hydrogen (secondary N) is 2. The van der Waals surface area contributed by atoms with Gasteiger partial charge in [0.05, 0.1) is 6.10 Å². The second kappa shape index (κ2) is 8.76. The number of carbonyl (C=O) groups is 1. The van der Waals surface area contributed by atoms with E-state index >= 15 is 0 Å². The molecule has 22 heavy (non-hydrogen) atoms. The molecule has 122 valence electrons. The van der Waals surface area contributed by atoms with E-state index in [0.29, 0.717) is 13.1 Å². The average Bonchev–Trinajstić information content (AvgIpc) is 3.05. The Morgan fingerprint density at radius 2 is 2.14 bits per heavy atom. The SMILES string of the molecule is CC(CNC(=O)NCC1CCCO1)N(C)Cc1ccccc1. The van der Waals surface area contributed by atoms with Gasteiger partial charge in [0.25, 0.3) is 0 Å². The number of hydrogen-bond acceptors (Lipinski definition) is 3. The molecule has 0 spiro atoms. The van der Waals surface area contributed by atoms with E-state index in [1.807, 2.05) is 18.2 Å². The highest BCUT2D eigenvalue weighted by Crippen LogP contribution is 2.10. The van der Waals surface area contributed by atoms with Crippen LogP contribution in [0.1, 0.15) is 25.3 Å². The van der Waals surface area contributed by atoms with Crippen LogP contribution in [0.4, 0.5) is 4.79 Å². The molecule has 1 fully saturated rings. The Balaban J connectivity index is 1.63. The number of amides is 2. The van der Waals surface area contributed by atoms with Gasteiger partial charge in [-0.25, -0.2) is 4.79 Å². The van der Waals surface area contributed by atoms with Crippen molar-refractivity contribution in [3.63, 3.8) is 0 Å². The van der Waals surface area contributed by atoms with E-state index in [-0.39, 0.29) is 18.2 Å². The number of rotatable bonds is 7. The van der Waals surface area contributed by atoms with Crippen LogP contribution in [-0.2, 0) is 11.3 Å². The van der Waals surface area contributed by atoms with Crippen molar-refractivity contribution < 1.29 is 9.53 Å². The summed E-state index contributed by atoms with van der Waals surface area (Å²) in [5, 5.41) is 5.80. The zero-order valence-electron chi connectivity index (χ0n) is 13.5. The minimum absolute atomic E-state index is 0.115. The third-order valence-corrected chi connectivity index (χ3v) is 4.10. The number of hydrogen-bond donors (Lipinski definition) is 2. The summed E-state index contributed by atoms with van der Waals surface area (Å²) in [6.07, 6.45) is 2.31.